The Bertz CT molecular complexity index is 3540. The van der Waals surface area contributed by atoms with Gasteiger partial charge in [0.05, 0.1) is 28.3 Å². The molecule has 0 aliphatic heterocycles. The van der Waals surface area contributed by atoms with E-state index < -0.39 is 0 Å². The zero-order valence-electron chi connectivity index (χ0n) is 40.3. The minimum absolute atomic E-state index is 0. The van der Waals surface area contributed by atoms with Gasteiger partial charge in [-0.1, -0.05) is 147 Å². The van der Waals surface area contributed by atoms with Gasteiger partial charge in [0.1, 0.15) is 5.58 Å². The molecular weight excluding hydrogens is 1010 g/mol. The number of nitrogens with zero attached hydrogens (tertiary/aromatic N) is 5. The van der Waals surface area contributed by atoms with Gasteiger partial charge < -0.3 is 13.4 Å². The van der Waals surface area contributed by atoms with E-state index in [9.17, 15) is 0 Å². The van der Waals surface area contributed by atoms with Gasteiger partial charge in [0.15, 0.2) is 11.2 Å². The number of imidazole rings is 1. The maximum absolute atomic E-state index is 6.82. The molecule has 8 heteroatoms. The van der Waals surface area contributed by atoms with Gasteiger partial charge >= 0.3 is 0 Å². The van der Waals surface area contributed by atoms with E-state index in [1.54, 1.807) is 6.20 Å². The summed E-state index contributed by atoms with van der Waals surface area (Å²) in [6.07, 6.45) is 1.79. The quantitative estimate of drug-likeness (QED) is 0.154. The van der Waals surface area contributed by atoms with Gasteiger partial charge in [0.2, 0.25) is 0 Å². The molecule has 0 saturated carbocycles. The molecule has 6 aromatic carbocycles. The third kappa shape index (κ3) is 8.46. The van der Waals surface area contributed by atoms with E-state index in [-0.39, 0.29) is 42.8 Å². The topological polar surface area (TPSA) is 82.8 Å². The van der Waals surface area contributed by atoms with Crippen LogP contribution in [-0.2, 0) is 30.9 Å². The van der Waals surface area contributed by atoms with Crippen molar-refractivity contribution in [1.82, 2.24) is 24.5 Å². The van der Waals surface area contributed by atoms with Crippen LogP contribution in [0.15, 0.2) is 148 Å². The molecule has 1 radical (unpaired) electrons. The van der Waals surface area contributed by atoms with Crippen molar-refractivity contribution in [1.29, 1.82) is 0 Å². The third-order valence-electron chi connectivity index (χ3n) is 12.6. The van der Waals surface area contributed by atoms with Gasteiger partial charge in [-0.25, -0.2) is 0 Å². The molecule has 0 N–H and O–H groups in total. The van der Waals surface area contributed by atoms with Crippen LogP contribution in [0.4, 0.5) is 0 Å². The van der Waals surface area contributed by atoms with E-state index in [0.717, 1.165) is 77.7 Å². The number of hydrogen-bond acceptors (Lipinski definition) is 6. The van der Waals surface area contributed by atoms with E-state index in [1.165, 1.54) is 27.9 Å². The summed E-state index contributed by atoms with van der Waals surface area (Å²) in [5.74, 6) is 2.00. The minimum atomic E-state index is -0.000667. The number of benzene rings is 6. The number of para-hydroxylation sites is 3. The summed E-state index contributed by atoms with van der Waals surface area (Å²) >= 11 is 0. The number of aromatic nitrogens is 5. The number of hydrogen-bond donors (Lipinski definition) is 0. The molecule has 0 saturated heterocycles. The molecule has 0 amide bonds. The van der Waals surface area contributed by atoms with Crippen LogP contribution >= 0.6 is 0 Å². The number of fused-ring (bicyclic) bond motifs is 8. The molecule has 0 fully saturated rings. The molecule has 5 aromatic heterocycles. The number of furan rings is 2. The zero-order valence-corrected chi connectivity index (χ0v) is 42.7. The van der Waals surface area contributed by atoms with E-state index in [1.807, 2.05) is 42.5 Å². The van der Waals surface area contributed by atoms with Crippen molar-refractivity contribution in [2.75, 3.05) is 0 Å². The first-order chi connectivity index (χ1) is 32.2. The van der Waals surface area contributed by atoms with Crippen LogP contribution in [0.5, 0.6) is 0 Å². The predicted molar refractivity (Wildman–Crippen MR) is 275 cm³/mol. The van der Waals surface area contributed by atoms with Crippen LogP contribution in [0.2, 0.25) is 0 Å². The maximum Gasteiger partial charge on any atom is 0.177 e. The van der Waals surface area contributed by atoms with Crippen LogP contribution in [0.25, 0.3) is 94.6 Å². The minimum Gasteiger partial charge on any atom is -0.497 e. The van der Waals surface area contributed by atoms with Gasteiger partial charge in [-0.05, 0) is 93.4 Å². The Kier molecular flexibility index (Phi) is 12.3. The van der Waals surface area contributed by atoms with Gasteiger partial charge in [-0.2, -0.15) is 12.1 Å². The molecule has 68 heavy (non-hydrogen) atoms. The molecule has 0 aliphatic rings. The smallest absolute Gasteiger partial charge is 0.177 e. The van der Waals surface area contributed by atoms with Gasteiger partial charge in [0.25, 0.3) is 0 Å². The van der Waals surface area contributed by atoms with Crippen molar-refractivity contribution in [2.24, 2.45) is 0 Å². The largest absolute Gasteiger partial charge is 0.497 e. The molecule has 0 unspecified atom stereocenters. The Balaban J connectivity index is 0.000000232. The predicted octanol–water partition coefficient (Wildman–Crippen LogP) is 16.1. The summed E-state index contributed by atoms with van der Waals surface area (Å²) in [6, 6.07) is 52.9. The summed E-state index contributed by atoms with van der Waals surface area (Å²) in [4.78, 5) is 18.9. The average Bonchev–Trinajstić information content (AvgIpc) is 4.03. The first kappa shape index (κ1) is 46.4. The Labute approximate surface area is 412 Å². The Morgan fingerprint density at radius 1 is 0.544 bits per heavy atom. The summed E-state index contributed by atoms with van der Waals surface area (Å²) < 4.78 is 15.6. The molecule has 0 spiro atoms. The van der Waals surface area contributed by atoms with Crippen LogP contribution < -0.4 is 0 Å². The molecular formula is C60H55IrN5O2-2. The van der Waals surface area contributed by atoms with Crippen LogP contribution in [0, 0.1) is 12.1 Å². The second-order valence-corrected chi connectivity index (χ2v) is 20.1. The molecule has 5 heterocycles. The fourth-order valence-electron chi connectivity index (χ4n) is 9.00. The molecule has 11 aromatic rings. The summed E-state index contributed by atoms with van der Waals surface area (Å²) in [5, 5.41) is 4.16. The van der Waals surface area contributed by atoms with Crippen molar-refractivity contribution < 1.29 is 28.9 Å². The fourth-order valence-corrected chi connectivity index (χ4v) is 9.00. The molecule has 11 rings (SSSR count). The normalized spacial score (nSPS) is 12.1. The first-order valence-electron chi connectivity index (χ1n) is 23.3. The van der Waals surface area contributed by atoms with Crippen molar-refractivity contribution in [2.45, 2.75) is 91.9 Å². The van der Waals surface area contributed by atoms with Crippen LogP contribution in [-0.4, -0.2) is 24.5 Å². The molecule has 0 aliphatic carbocycles. The molecule has 0 atom stereocenters. The molecule has 0 bridgehead atoms. The van der Waals surface area contributed by atoms with Gasteiger partial charge in [-0.15, -0.1) is 24.3 Å². The van der Waals surface area contributed by atoms with Crippen molar-refractivity contribution >= 4 is 54.9 Å². The zero-order chi connectivity index (χ0) is 46.8. The first-order valence-corrected chi connectivity index (χ1v) is 23.3. The number of pyridine rings is 1. The SMILES string of the molecule is CC(C)(C)c1cc[c-]c(-c2nccc(C(C)(C)C)n2)n1.CC(C)c1cc(-c2ccccc2)cc(C(C)C)c1-n1c(-c2[c-]ccc3c2oc2c3ccc3c4ccccc4oc32)nc2ccccc21.[Ir]. The summed E-state index contributed by atoms with van der Waals surface area (Å²) in [7, 11) is 0. The Morgan fingerprint density at radius 2 is 1.15 bits per heavy atom. The molecule has 7 nitrogen and oxygen atoms in total. The standard InChI is InChI=1S/C43H33N2O2.C17H22N3.Ir/c1-25(2)34-23-28(27-13-6-5-7-14-27)24-35(26(3)4)39(34)45-37-19-10-9-18-36(37)44-43(45)33-17-12-16-30-32-22-21-31-29-15-8-11-20-38(29)46-41(31)42(32)47-40(30)33;1-16(2,3)13-9-7-8-12(19-13)15-18-11-10-14(20-15)17(4,5)6;/h5-16,18-26H,1-4H3;7,9-11H,1-6H3;/q2*-1;. The third-order valence-corrected chi connectivity index (χ3v) is 12.6. The van der Waals surface area contributed by atoms with Crippen molar-refractivity contribution in [3.8, 4) is 39.7 Å². The second-order valence-electron chi connectivity index (χ2n) is 20.1. The summed E-state index contributed by atoms with van der Waals surface area (Å²) in [5.41, 5.74) is 14.9. The molecule has 343 valence electrons. The Hall–Kier alpha value is -6.73. The average molecular weight is 1070 g/mol. The van der Waals surface area contributed by atoms with Gasteiger partial charge in [0, 0.05) is 59.3 Å². The van der Waals surface area contributed by atoms with Crippen LogP contribution in [0.1, 0.15) is 104 Å². The van der Waals surface area contributed by atoms with E-state index in [4.69, 9.17) is 13.8 Å². The van der Waals surface area contributed by atoms with E-state index in [0.29, 0.717) is 11.5 Å². The van der Waals surface area contributed by atoms with E-state index >= 15 is 0 Å². The summed E-state index contributed by atoms with van der Waals surface area (Å²) in [6.45, 7) is 22.0. The monoisotopic (exact) mass is 1070 g/mol. The van der Waals surface area contributed by atoms with E-state index in [2.05, 4.69) is 192 Å². The Morgan fingerprint density at radius 3 is 1.85 bits per heavy atom. The van der Waals surface area contributed by atoms with Crippen molar-refractivity contribution in [3.05, 3.63) is 174 Å². The number of rotatable bonds is 6. The van der Waals surface area contributed by atoms with Crippen molar-refractivity contribution in [3.63, 3.8) is 0 Å². The fraction of sp³-hybridized carbons (Fsp3) is 0.233. The maximum atomic E-state index is 6.82. The second kappa shape index (κ2) is 18.1. The van der Waals surface area contributed by atoms with Gasteiger partial charge in [-0.3, -0.25) is 19.9 Å². The van der Waals surface area contributed by atoms with Crippen LogP contribution in [0.3, 0.4) is 0 Å².